The second-order valence-electron chi connectivity index (χ2n) is 5.13. The predicted octanol–water partition coefficient (Wildman–Crippen LogP) is 3.95. The fraction of sp³-hybridized carbons (Fsp3) is 0.588. The number of carbonyl (C=O) groups excluding carboxylic acids is 1. The fourth-order valence-corrected chi connectivity index (χ4v) is 2.13. The first-order valence-electron chi connectivity index (χ1n) is 7.64. The largest absolute Gasteiger partial charge is 0.456 e. The van der Waals surface area contributed by atoms with E-state index in [1.165, 1.54) is 25.7 Å². The molecular formula is C17H26O3. The molecule has 1 aromatic rings. The van der Waals surface area contributed by atoms with E-state index in [2.05, 4.69) is 6.92 Å². The summed E-state index contributed by atoms with van der Waals surface area (Å²) in [4.78, 5) is 11.9. The Hall–Kier alpha value is -1.35. The van der Waals surface area contributed by atoms with Gasteiger partial charge in [-0.05, 0) is 25.0 Å². The summed E-state index contributed by atoms with van der Waals surface area (Å²) in [7, 11) is 0. The lowest BCUT2D eigenvalue weighted by atomic mass is 10.1. The Morgan fingerprint density at radius 2 is 1.75 bits per heavy atom. The van der Waals surface area contributed by atoms with Crippen LogP contribution in [0.1, 0.15) is 62.2 Å². The van der Waals surface area contributed by atoms with Crippen molar-refractivity contribution in [2.45, 2.75) is 58.0 Å². The summed E-state index contributed by atoms with van der Waals surface area (Å²) in [5.41, 5.74) is 0.536. The van der Waals surface area contributed by atoms with Crippen molar-refractivity contribution >= 4 is 5.97 Å². The summed E-state index contributed by atoms with van der Waals surface area (Å²) >= 11 is 0. The van der Waals surface area contributed by atoms with Crippen LogP contribution in [0.3, 0.4) is 0 Å². The van der Waals surface area contributed by atoms with E-state index >= 15 is 0 Å². The number of aliphatic hydroxyl groups is 1. The van der Waals surface area contributed by atoms with Gasteiger partial charge in [-0.1, -0.05) is 57.2 Å². The third-order valence-corrected chi connectivity index (χ3v) is 3.37. The van der Waals surface area contributed by atoms with Crippen molar-refractivity contribution < 1.29 is 14.6 Å². The molecule has 0 unspecified atom stereocenters. The average Bonchev–Trinajstić information content (AvgIpc) is 2.50. The maximum atomic E-state index is 11.9. The Bertz CT molecular complexity index is 362. The first-order valence-corrected chi connectivity index (χ1v) is 7.64. The summed E-state index contributed by atoms with van der Waals surface area (Å²) in [6, 6.07) is 8.91. The molecule has 0 aliphatic carbocycles. The van der Waals surface area contributed by atoms with Gasteiger partial charge in [0.05, 0.1) is 12.2 Å². The Kier molecular flexibility index (Phi) is 8.72. The van der Waals surface area contributed by atoms with Gasteiger partial charge >= 0.3 is 5.97 Å². The van der Waals surface area contributed by atoms with Gasteiger partial charge in [0.25, 0.3) is 0 Å². The molecule has 1 atom stereocenters. The zero-order valence-corrected chi connectivity index (χ0v) is 12.4. The molecule has 112 valence electrons. The number of rotatable bonds is 10. The number of carbonyl (C=O) groups is 1. The molecule has 0 radical (unpaired) electrons. The van der Waals surface area contributed by atoms with Gasteiger partial charge in [-0.25, -0.2) is 4.79 Å². The Labute approximate surface area is 122 Å². The van der Waals surface area contributed by atoms with Crippen molar-refractivity contribution in [2.75, 3.05) is 6.61 Å². The summed E-state index contributed by atoms with van der Waals surface area (Å²) in [6.45, 7) is 2.10. The molecule has 3 heteroatoms. The number of ether oxygens (including phenoxy) is 1. The van der Waals surface area contributed by atoms with E-state index < -0.39 is 0 Å². The molecule has 0 aliphatic rings. The minimum absolute atomic E-state index is 0.104. The normalized spacial score (nSPS) is 12.1. The van der Waals surface area contributed by atoms with Crippen molar-refractivity contribution in [3.05, 3.63) is 35.9 Å². The first kappa shape index (κ1) is 16.7. The Balaban J connectivity index is 2.24. The molecule has 1 aromatic carbocycles. The lowest BCUT2D eigenvalue weighted by molar-refractivity contribution is 0.0107. The van der Waals surface area contributed by atoms with Crippen LogP contribution in [-0.2, 0) is 4.74 Å². The van der Waals surface area contributed by atoms with Crippen molar-refractivity contribution in [1.29, 1.82) is 0 Å². The number of benzene rings is 1. The lowest BCUT2D eigenvalue weighted by Gasteiger charge is -2.15. The van der Waals surface area contributed by atoms with Gasteiger partial charge in [0.15, 0.2) is 0 Å². The monoisotopic (exact) mass is 278 g/mol. The quantitative estimate of drug-likeness (QED) is 0.520. The molecule has 0 saturated carbocycles. The highest BCUT2D eigenvalue weighted by Crippen LogP contribution is 2.12. The van der Waals surface area contributed by atoms with Crippen LogP contribution in [0, 0.1) is 0 Å². The SMILES string of the molecule is CCCCCCCC[C@@H](CO)OC(=O)c1ccccc1. The topological polar surface area (TPSA) is 46.5 Å². The van der Waals surface area contributed by atoms with Crippen LogP contribution in [-0.4, -0.2) is 23.8 Å². The molecule has 0 bridgehead atoms. The lowest BCUT2D eigenvalue weighted by Crippen LogP contribution is -2.22. The zero-order chi connectivity index (χ0) is 14.6. The number of unbranched alkanes of at least 4 members (excludes halogenated alkanes) is 5. The number of aliphatic hydroxyl groups excluding tert-OH is 1. The van der Waals surface area contributed by atoms with E-state index in [0.29, 0.717) is 5.56 Å². The molecule has 0 aromatic heterocycles. The highest BCUT2D eigenvalue weighted by atomic mass is 16.6. The van der Waals surface area contributed by atoms with Crippen molar-refractivity contribution in [3.8, 4) is 0 Å². The van der Waals surface area contributed by atoms with Crippen LogP contribution >= 0.6 is 0 Å². The number of hydrogen-bond acceptors (Lipinski definition) is 3. The van der Waals surface area contributed by atoms with Crippen LogP contribution < -0.4 is 0 Å². The standard InChI is InChI=1S/C17H26O3/c1-2-3-4-5-6-10-13-16(14-18)20-17(19)15-11-8-7-9-12-15/h7-9,11-12,16,18H,2-6,10,13-14H2,1H3/t16-/m0/s1. The van der Waals surface area contributed by atoms with E-state index in [1.54, 1.807) is 24.3 Å². The molecule has 0 amide bonds. The molecule has 0 fully saturated rings. The summed E-state index contributed by atoms with van der Waals surface area (Å²) in [6.07, 6.45) is 7.51. The van der Waals surface area contributed by atoms with Gasteiger partial charge in [-0.3, -0.25) is 0 Å². The highest BCUT2D eigenvalue weighted by molar-refractivity contribution is 5.89. The molecule has 3 nitrogen and oxygen atoms in total. The van der Waals surface area contributed by atoms with E-state index in [-0.39, 0.29) is 18.7 Å². The summed E-state index contributed by atoms with van der Waals surface area (Å²) < 4.78 is 5.32. The maximum Gasteiger partial charge on any atom is 0.338 e. The van der Waals surface area contributed by atoms with Crippen molar-refractivity contribution in [3.63, 3.8) is 0 Å². The van der Waals surface area contributed by atoms with Crippen LogP contribution in [0.4, 0.5) is 0 Å². The van der Waals surface area contributed by atoms with Gasteiger partial charge in [-0.2, -0.15) is 0 Å². The average molecular weight is 278 g/mol. The summed E-state index contributed by atoms with van der Waals surface area (Å²) in [5, 5.41) is 9.29. The smallest absolute Gasteiger partial charge is 0.338 e. The van der Waals surface area contributed by atoms with Gasteiger partial charge in [0, 0.05) is 0 Å². The summed E-state index contributed by atoms with van der Waals surface area (Å²) in [5.74, 6) is -0.351. The Morgan fingerprint density at radius 3 is 2.40 bits per heavy atom. The van der Waals surface area contributed by atoms with Crippen LogP contribution in [0.25, 0.3) is 0 Å². The minimum atomic E-state index is -0.381. The van der Waals surface area contributed by atoms with Crippen LogP contribution in [0.2, 0.25) is 0 Å². The second-order valence-corrected chi connectivity index (χ2v) is 5.13. The van der Waals surface area contributed by atoms with Gasteiger partial charge in [-0.15, -0.1) is 0 Å². The van der Waals surface area contributed by atoms with Crippen LogP contribution in [0.5, 0.6) is 0 Å². The predicted molar refractivity (Wildman–Crippen MR) is 80.7 cm³/mol. The van der Waals surface area contributed by atoms with Gasteiger partial charge in [0.1, 0.15) is 6.10 Å². The van der Waals surface area contributed by atoms with Gasteiger partial charge in [0.2, 0.25) is 0 Å². The molecule has 0 aliphatic heterocycles. The van der Waals surface area contributed by atoms with Crippen LogP contribution in [0.15, 0.2) is 30.3 Å². The molecule has 0 saturated heterocycles. The van der Waals surface area contributed by atoms with Crippen molar-refractivity contribution in [1.82, 2.24) is 0 Å². The molecule has 20 heavy (non-hydrogen) atoms. The third-order valence-electron chi connectivity index (χ3n) is 3.37. The fourth-order valence-electron chi connectivity index (χ4n) is 2.13. The minimum Gasteiger partial charge on any atom is -0.456 e. The number of hydrogen-bond donors (Lipinski definition) is 1. The number of esters is 1. The molecule has 1 N–H and O–H groups in total. The molecular weight excluding hydrogens is 252 g/mol. The Morgan fingerprint density at radius 1 is 1.10 bits per heavy atom. The molecule has 0 spiro atoms. The van der Waals surface area contributed by atoms with Crippen molar-refractivity contribution in [2.24, 2.45) is 0 Å². The van der Waals surface area contributed by atoms with E-state index in [0.717, 1.165) is 19.3 Å². The van der Waals surface area contributed by atoms with Gasteiger partial charge < -0.3 is 9.84 Å². The van der Waals surface area contributed by atoms with E-state index in [9.17, 15) is 9.90 Å². The van der Waals surface area contributed by atoms with E-state index in [1.807, 2.05) is 6.07 Å². The van der Waals surface area contributed by atoms with E-state index in [4.69, 9.17) is 4.74 Å². The third kappa shape index (κ3) is 6.71. The molecule has 1 rings (SSSR count). The zero-order valence-electron chi connectivity index (χ0n) is 12.4. The molecule has 0 heterocycles. The highest BCUT2D eigenvalue weighted by Gasteiger charge is 2.14. The maximum absolute atomic E-state index is 11.9. The second kappa shape index (κ2) is 10.4. The first-order chi connectivity index (χ1) is 9.77.